The Bertz CT molecular complexity index is 583. The molecule has 1 fully saturated rings. The molecule has 1 aliphatic carbocycles. The molecule has 5 nitrogen and oxygen atoms in total. The van der Waals surface area contributed by atoms with Crippen molar-refractivity contribution in [2.24, 2.45) is 17.6 Å². The zero-order valence-corrected chi connectivity index (χ0v) is 22.5. The number of nitrogens with two attached hydrogens (primary N) is 1. The first-order chi connectivity index (χ1) is 15.8. The van der Waals surface area contributed by atoms with Gasteiger partial charge < -0.3 is 15.8 Å². The fraction of sp³-hybridized carbons (Fsp3) is 0.692. The van der Waals surface area contributed by atoms with Crippen molar-refractivity contribution < 1.29 is 14.0 Å². The molecule has 0 heterocycles. The van der Waals surface area contributed by atoms with Crippen LogP contribution in [0, 0.1) is 17.7 Å². The van der Waals surface area contributed by atoms with E-state index in [2.05, 4.69) is 23.9 Å². The van der Waals surface area contributed by atoms with Gasteiger partial charge in [-0.25, -0.2) is 4.39 Å². The normalized spacial score (nSPS) is 13.6. The molecule has 0 spiro atoms. The lowest BCUT2D eigenvalue weighted by atomic mass is 10.1. The fourth-order valence-electron chi connectivity index (χ4n) is 2.21. The highest BCUT2D eigenvalue weighted by Gasteiger charge is 2.17. The smallest absolute Gasteiger partial charge is 0.222 e. The van der Waals surface area contributed by atoms with Gasteiger partial charge in [0, 0.05) is 31.2 Å². The molecule has 1 amide bonds. The number of nitrogens with one attached hydrogen (secondary N) is 2. The molecule has 0 aliphatic heterocycles. The van der Waals surface area contributed by atoms with Gasteiger partial charge in [0.15, 0.2) is 0 Å². The third-order valence-corrected chi connectivity index (χ3v) is 6.00. The maximum atomic E-state index is 12.7. The number of aldehydes is 1. The lowest BCUT2D eigenvalue weighted by molar-refractivity contribution is -0.124. The maximum absolute atomic E-state index is 12.7. The first-order valence-corrected chi connectivity index (χ1v) is 13.3. The van der Waals surface area contributed by atoms with Crippen molar-refractivity contribution in [1.82, 2.24) is 10.0 Å². The molecule has 0 aromatic heterocycles. The van der Waals surface area contributed by atoms with Gasteiger partial charge in [0.1, 0.15) is 12.1 Å². The maximum Gasteiger partial charge on any atom is 0.222 e. The van der Waals surface area contributed by atoms with Crippen LogP contribution in [0.4, 0.5) is 4.39 Å². The molecule has 2 atom stereocenters. The van der Waals surface area contributed by atoms with E-state index in [4.69, 9.17) is 5.73 Å². The zero-order valence-electron chi connectivity index (χ0n) is 21.7. The van der Waals surface area contributed by atoms with Gasteiger partial charge in [-0.15, -0.1) is 0 Å². The second-order valence-electron chi connectivity index (χ2n) is 8.12. The number of benzene rings is 1. The van der Waals surface area contributed by atoms with E-state index >= 15 is 0 Å². The summed E-state index contributed by atoms with van der Waals surface area (Å²) in [7, 11) is 1.66. The van der Waals surface area contributed by atoms with Crippen LogP contribution < -0.4 is 15.8 Å². The van der Waals surface area contributed by atoms with Crippen molar-refractivity contribution in [2.75, 3.05) is 19.3 Å². The van der Waals surface area contributed by atoms with E-state index in [1.165, 1.54) is 44.2 Å². The molecule has 1 saturated carbocycles. The first-order valence-electron chi connectivity index (χ1n) is 12.3. The van der Waals surface area contributed by atoms with Gasteiger partial charge in [0.25, 0.3) is 0 Å². The third-order valence-electron chi connectivity index (χ3n) is 4.98. The summed E-state index contributed by atoms with van der Waals surface area (Å²) in [4.78, 5) is 19.8. The minimum atomic E-state index is -0.174. The molecule has 1 aromatic carbocycles. The molecule has 1 unspecified atom stereocenters. The summed E-state index contributed by atoms with van der Waals surface area (Å²) in [5.74, 6) is 2.17. The van der Waals surface area contributed by atoms with Crippen LogP contribution in [0.25, 0.3) is 0 Å². The Labute approximate surface area is 206 Å². The topological polar surface area (TPSA) is 84.2 Å². The SMILES string of the molecule is CCC=O.CCCCCSNC(C)c1ccc(F)cc1.CC[C@@H](C)C(=O)NC.NCC1CC1. The van der Waals surface area contributed by atoms with Crippen molar-refractivity contribution in [2.45, 2.75) is 85.6 Å². The van der Waals surface area contributed by atoms with Crippen LogP contribution in [0.3, 0.4) is 0 Å². The van der Waals surface area contributed by atoms with Crippen LogP contribution in [0.5, 0.6) is 0 Å². The summed E-state index contributed by atoms with van der Waals surface area (Å²) < 4.78 is 16.1. The van der Waals surface area contributed by atoms with Crippen LogP contribution in [-0.4, -0.2) is 31.5 Å². The largest absolute Gasteiger partial charge is 0.359 e. The van der Waals surface area contributed by atoms with E-state index in [1.807, 2.05) is 32.9 Å². The molecule has 33 heavy (non-hydrogen) atoms. The summed E-state index contributed by atoms with van der Waals surface area (Å²) in [6, 6.07) is 6.95. The van der Waals surface area contributed by atoms with Gasteiger partial charge in [0.2, 0.25) is 5.91 Å². The van der Waals surface area contributed by atoms with Crippen LogP contribution in [0.2, 0.25) is 0 Å². The zero-order chi connectivity index (χ0) is 25.5. The second kappa shape index (κ2) is 23.7. The van der Waals surface area contributed by atoms with Crippen LogP contribution >= 0.6 is 11.9 Å². The van der Waals surface area contributed by atoms with Gasteiger partial charge in [-0.3, -0.25) is 9.52 Å². The standard InChI is InChI=1S/C13H20FNS.C6H13NO.C4H9N.C3H6O/c1-3-4-5-10-16-15-11(2)12-6-8-13(14)9-7-12;1-4-5(2)6(8)7-3;5-3-4-1-2-4;1-2-3-4/h6-9,11,15H,3-5,10H2,1-2H3;5H,4H2,1-3H3,(H,7,8);4H,1-3,5H2;3H,2H2,1H3/t;5-;;/m.1../s1. The summed E-state index contributed by atoms with van der Waals surface area (Å²) in [6.45, 7) is 10.9. The van der Waals surface area contributed by atoms with Crippen LogP contribution in [0.1, 0.15) is 91.2 Å². The highest BCUT2D eigenvalue weighted by atomic mass is 32.2. The molecule has 1 aliphatic rings. The monoisotopic (exact) mass is 485 g/mol. The predicted octanol–water partition coefficient (Wildman–Crippen LogP) is 6.04. The van der Waals surface area contributed by atoms with Gasteiger partial charge in [-0.05, 0) is 62.8 Å². The fourth-order valence-corrected chi connectivity index (χ4v) is 3.07. The number of hydrogen-bond donors (Lipinski definition) is 3. The predicted molar refractivity (Wildman–Crippen MR) is 142 cm³/mol. The van der Waals surface area contributed by atoms with Gasteiger partial charge >= 0.3 is 0 Å². The molecular formula is C26H48FN3O2S. The van der Waals surface area contributed by atoms with Gasteiger partial charge in [-0.2, -0.15) is 0 Å². The molecule has 1 aromatic rings. The Morgan fingerprint density at radius 3 is 2.09 bits per heavy atom. The highest BCUT2D eigenvalue weighted by Crippen LogP contribution is 2.26. The van der Waals surface area contributed by atoms with Crippen molar-refractivity contribution in [3.8, 4) is 0 Å². The van der Waals surface area contributed by atoms with Crippen molar-refractivity contribution in [1.29, 1.82) is 0 Å². The van der Waals surface area contributed by atoms with Crippen molar-refractivity contribution in [3.05, 3.63) is 35.6 Å². The lowest BCUT2D eigenvalue weighted by Gasteiger charge is -2.13. The summed E-state index contributed by atoms with van der Waals surface area (Å²) in [5.41, 5.74) is 6.36. The molecule has 7 heteroatoms. The minimum absolute atomic E-state index is 0.132. The molecule has 192 valence electrons. The molecule has 2 rings (SSSR count). The van der Waals surface area contributed by atoms with Gasteiger partial charge in [0.05, 0.1) is 0 Å². The number of hydrogen-bond acceptors (Lipinski definition) is 5. The van der Waals surface area contributed by atoms with Gasteiger partial charge in [-0.1, -0.05) is 64.6 Å². The number of halogens is 1. The van der Waals surface area contributed by atoms with Crippen LogP contribution in [-0.2, 0) is 9.59 Å². The summed E-state index contributed by atoms with van der Waals surface area (Å²) in [5, 5.41) is 2.58. The van der Waals surface area contributed by atoms with E-state index in [9.17, 15) is 14.0 Å². The van der Waals surface area contributed by atoms with E-state index in [0.29, 0.717) is 6.42 Å². The van der Waals surface area contributed by atoms with Crippen molar-refractivity contribution in [3.63, 3.8) is 0 Å². The second-order valence-corrected chi connectivity index (χ2v) is 9.06. The van der Waals surface area contributed by atoms with E-state index < -0.39 is 0 Å². The Kier molecular flexibility index (Phi) is 24.2. The first kappa shape index (κ1) is 33.7. The van der Waals surface area contributed by atoms with Crippen molar-refractivity contribution >= 4 is 24.1 Å². The summed E-state index contributed by atoms with van der Waals surface area (Å²) >= 11 is 1.76. The number of unbranched alkanes of at least 4 members (excludes halogenated alkanes) is 2. The molecular weight excluding hydrogens is 437 g/mol. The molecule has 4 N–H and O–H groups in total. The Morgan fingerprint density at radius 1 is 1.18 bits per heavy atom. The van der Waals surface area contributed by atoms with E-state index in [-0.39, 0.29) is 23.7 Å². The Morgan fingerprint density at radius 2 is 1.76 bits per heavy atom. The summed E-state index contributed by atoms with van der Waals surface area (Å²) in [6.07, 6.45) is 9.00. The minimum Gasteiger partial charge on any atom is -0.359 e. The molecule has 0 bridgehead atoms. The molecule has 0 saturated heterocycles. The lowest BCUT2D eigenvalue weighted by Crippen LogP contribution is -2.24. The number of rotatable bonds is 11. The number of amides is 1. The Balaban J connectivity index is 0. The number of carbonyl (C=O) groups is 2. The third kappa shape index (κ3) is 22.1. The van der Waals surface area contributed by atoms with E-state index in [0.717, 1.165) is 36.5 Å². The molecule has 0 radical (unpaired) electrons. The highest BCUT2D eigenvalue weighted by molar-refractivity contribution is 7.97. The number of carbonyl (C=O) groups excluding carboxylic acids is 2. The quantitative estimate of drug-likeness (QED) is 0.202. The average Bonchev–Trinajstić information content (AvgIpc) is 3.69. The Hall–Kier alpha value is -1.44. The van der Waals surface area contributed by atoms with Crippen LogP contribution in [0.15, 0.2) is 24.3 Å². The average molecular weight is 486 g/mol. The van der Waals surface area contributed by atoms with E-state index in [1.54, 1.807) is 19.0 Å².